The monoisotopic (exact) mass is 502 g/mol. The smallest absolute Gasteiger partial charge is 0.367 e. The van der Waals surface area contributed by atoms with Gasteiger partial charge in [0.2, 0.25) is 15.9 Å². The van der Waals surface area contributed by atoms with Crippen LogP contribution in [0.15, 0.2) is 36.4 Å². The summed E-state index contributed by atoms with van der Waals surface area (Å²) in [4.78, 5) is 16.0. The van der Waals surface area contributed by atoms with Crippen molar-refractivity contribution in [2.75, 3.05) is 16.3 Å². The lowest BCUT2D eigenvalue weighted by atomic mass is 10.1. The molecule has 0 saturated carbocycles. The second kappa shape index (κ2) is 10.9. The molecule has 0 aliphatic carbocycles. The van der Waals surface area contributed by atoms with Crippen LogP contribution in [0.1, 0.15) is 50.1 Å². The van der Waals surface area contributed by atoms with E-state index in [-0.39, 0.29) is 17.5 Å². The minimum atomic E-state index is -4.61. The van der Waals surface area contributed by atoms with Gasteiger partial charge in [-0.15, -0.1) is 0 Å². The van der Waals surface area contributed by atoms with Gasteiger partial charge >= 0.3 is 6.18 Å². The second-order valence-corrected chi connectivity index (χ2v) is 9.51. The number of aromatic nitrogens is 1. The number of amides is 1. The molecule has 0 aliphatic heterocycles. The van der Waals surface area contributed by atoms with Gasteiger partial charge in [-0.2, -0.15) is 13.2 Å². The van der Waals surface area contributed by atoms with E-state index in [9.17, 15) is 30.8 Å². The van der Waals surface area contributed by atoms with Crippen molar-refractivity contribution in [1.82, 2.24) is 10.3 Å². The molecule has 0 radical (unpaired) electrons. The SMILES string of the molecule is CCC(C)Nc1nc(C(F)(F)F)ccc1/C=C/C(=O)N[C@H](C)c1ccc(NS(C)(=O)=O)c(F)c1. The summed E-state index contributed by atoms with van der Waals surface area (Å²) in [5.41, 5.74) is -0.600. The number of sulfonamides is 1. The number of benzene rings is 1. The van der Waals surface area contributed by atoms with E-state index in [0.29, 0.717) is 17.5 Å². The maximum absolute atomic E-state index is 14.2. The van der Waals surface area contributed by atoms with Gasteiger partial charge in [0.25, 0.3) is 0 Å². The molecular formula is C22H26F4N4O3S. The molecule has 0 bridgehead atoms. The summed E-state index contributed by atoms with van der Waals surface area (Å²) >= 11 is 0. The number of carbonyl (C=O) groups is 1. The van der Waals surface area contributed by atoms with Crippen molar-refractivity contribution in [3.05, 3.63) is 59.0 Å². The minimum absolute atomic E-state index is 0.00249. The quantitative estimate of drug-likeness (QED) is 0.341. The van der Waals surface area contributed by atoms with E-state index >= 15 is 0 Å². The third kappa shape index (κ3) is 8.01. The van der Waals surface area contributed by atoms with Crippen LogP contribution in [-0.2, 0) is 21.0 Å². The number of hydrogen-bond donors (Lipinski definition) is 3. The number of hydrogen-bond acceptors (Lipinski definition) is 5. The molecule has 186 valence electrons. The lowest BCUT2D eigenvalue weighted by Gasteiger charge is -2.17. The summed E-state index contributed by atoms with van der Waals surface area (Å²) in [6.07, 6.45) is -0.597. The topological polar surface area (TPSA) is 100 Å². The molecule has 0 saturated heterocycles. The Labute approximate surface area is 195 Å². The zero-order valence-corrected chi connectivity index (χ0v) is 19.8. The fourth-order valence-corrected chi connectivity index (χ4v) is 3.37. The Morgan fingerprint density at radius 3 is 2.41 bits per heavy atom. The standard InChI is InChI=1S/C22H26F4N4O3S/c1-5-13(2)27-21-15(7-10-19(29-21)22(24,25)26)8-11-20(31)28-14(3)16-6-9-18(17(23)12-16)30-34(4,32)33/h6-14,30H,5H2,1-4H3,(H,27,29)(H,28,31)/b11-8+/t13?,14-/m1/s1. The molecule has 3 N–H and O–H groups in total. The number of nitrogens with zero attached hydrogens (tertiary/aromatic N) is 1. The van der Waals surface area contributed by atoms with Crippen molar-refractivity contribution in [3.63, 3.8) is 0 Å². The number of anilines is 2. The van der Waals surface area contributed by atoms with Gasteiger partial charge in [-0.25, -0.2) is 17.8 Å². The van der Waals surface area contributed by atoms with Gasteiger partial charge in [0.05, 0.1) is 18.0 Å². The zero-order chi connectivity index (χ0) is 25.7. The Morgan fingerprint density at radius 1 is 1.18 bits per heavy atom. The lowest BCUT2D eigenvalue weighted by Crippen LogP contribution is -2.25. The second-order valence-electron chi connectivity index (χ2n) is 7.76. The summed E-state index contributed by atoms with van der Waals surface area (Å²) in [6, 6.07) is 5.06. The van der Waals surface area contributed by atoms with Crippen molar-refractivity contribution in [3.8, 4) is 0 Å². The molecule has 7 nitrogen and oxygen atoms in total. The lowest BCUT2D eigenvalue weighted by molar-refractivity contribution is -0.141. The van der Waals surface area contributed by atoms with Crippen LogP contribution in [0, 0.1) is 5.82 Å². The van der Waals surface area contributed by atoms with E-state index in [0.717, 1.165) is 24.5 Å². The van der Waals surface area contributed by atoms with Gasteiger partial charge in [0.15, 0.2) is 0 Å². The summed E-state index contributed by atoms with van der Waals surface area (Å²) in [7, 11) is -3.65. The molecule has 0 spiro atoms. The van der Waals surface area contributed by atoms with Gasteiger partial charge in [-0.3, -0.25) is 9.52 Å². The van der Waals surface area contributed by atoms with Crippen LogP contribution in [0.3, 0.4) is 0 Å². The van der Waals surface area contributed by atoms with E-state index < -0.39 is 39.7 Å². The Balaban J connectivity index is 2.17. The molecular weight excluding hydrogens is 476 g/mol. The Hall–Kier alpha value is -3.15. The van der Waals surface area contributed by atoms with Crippen LogP contribution in [0.2, 0.25) is 0 Å². The molecule has 1 unspecified atom stereocenters. The number of alkyl halides is 3. The molecule has 2 aromatic rings. The normalized spacial score (nSPS) is 14.0. The highest BCUT2D eigenvalue weighted by Crippen LogP contribution is 2.30. The fourth-order valence-electron chi connectivity index (χ4n) is 2.81. The number of halogens is 4. The van der Waals surface area contributed by atoms with Crippen LogP contribution < -0.4 is 15.4 Å². The molecule has 0 aliphatic rings. The molecule has 12 heteroatoms. The molecule has 34 heavy (non-hydrogen) atoms. The van der Waals surface area contributed by atoms with Crippen LogP contribution in [0.4, 0.5) is 29.1 Å². The zero-order valence-electron chi connectivity index (χ0n) is 19.0. The third-order valence-corrected chi connectivity index (χ3v) is 5.36. The first kappa shape index (κ1) is 27.1. The highest BCUT2D eigenvalue weighted by molar-refractivity contribution is 7.92. The molecule has 1 amide bonds. The molecule has 1 aromatic heterocycles. The Morgan fingerprint density at radius 2 is 1.85 bits per heavy atom. The number of rotatable bonds is 9. The van der Waals surface area contributed by atoms with Crippen molar-refractivity contribution in [1.29, 1.82) is 0 Å². The van der Waals surface area contributed by atoms with Crippen molar-refractivity contribution < 1.29 is 30.8 Å². The molecule has 2 rings (SSSR count). The average Bonchev–Trinajstić information content (AvgIpc) is 2.72. The number of carbonyl (C=O) groups excluding carboxylic acids is 1. The number of nitrogens with one attached hydrogen (secondary N) is 3. The summed E-state index contributed by atoms with van der Waals surface area (Å²) in [6.45, 7) is 5.25. The molecule has 0 fully saturated rings. The maximum atomic E-state index is 14.2. The Bertz CT molecular complexity index is 1170. The van der Waals surface area contributed by atoms with Crippen LogP contribution in [0.25, 0.3) is 6.08 Å². The maximum Gasteiger partial charge on any atom is 0.433 e. The van der Waals surface area contributed by atoms with Crippen molar-refractivity contribution in [2.45, 2.75) is 45.5 Å². The first-order valence-electron chi connectivity index (χ1n) is 10.3. The van der Waals surface area contributed by atoms with Gasteiger partial charge in [0.1, 0.15) is 17.3 Å². The van der Waals surface area contributed by atoms with Gasteiger partial charge < -0.3 is 10.6 Å². The minimum Gasteiger partial charge on any atom is -0.367 e. The van der Waals surface area contributed by atoms with Crippen molar-refractivity contribution in [2.24, 2.45) is 0 Å². The van der Waals surface area contributed by atoms with E-state index in [1.54, 1.807) is 13.8 Å². The first-order valence-corrected chi connectivity index (χ1v) is 12.2. The van der Waals surface area contributed by atoms with Gasteiger partial charge in [0, 0.05) is 17.7 Å². The number of pyridine rings is 1. The van der Waals surface area contributed by atoms with E-state index in [1.807, 2.05) is 11.6 Å². The van der Waals surface area contributed by atoms with E-state index in [2.05, 4.69) is 15.6 Å². The predicted octanol–water partition coefficient (Wildman–Crippen LogP) is 4.71. The van der Waals surface area contributed by atoms with Crippen LogP contribution in [0.5, 0.6) is 0 Å². The van der Waals surface area contributed by atoms with Gasteiger partial charge in [-0.05, 0) is 56.2 Å². The molecule has 2 atom stereocenters. The first-order chi connectivity index (χ1) is 15.7. The molecule has 1 aromatic carbocycles. The Kier molecular flexibility index (Phi) is 8.65. The third-order valence-electron chi connectivity index (χ3n) is 4.77. The highest BCUT2D eigenvalue weighted by atomic mass is 32.2. The van der Waals surface area contributed by atoms with Crippen LogP contribution in [-0.4, -0.2) is 31.6 Å². The van der Waals surface area contributed by atoms with Gasteiger partial charge in [-0.1, -0.05) is 13.0 Å². The molecule has 1 heterocycles. The van der Waals surface area contributed by atoms with Crippen molar-refractivity contribution >= 4 is 33.5 Å². The van der Waals surface area contributed by atoms with E-state index in [1.165, 1.54) is 24.3 Å². The largest absolute Gasteiger partial charge is 0.433 e. The fraction of sp³-hybridized carbons (Fsp3) is 0.364. The highest BCUT2D eigenvalue weighted by Gasteiger charge is 2.33. The predicted molar refractivity (Wildman–Crippen MR) is 123 cm³/mol. The summed E-state index contributed by atoms with van der Waals surface area (Å²) < 4.78 is 77.9. The summed E-state index contributed by atoms with van der Waals surface area (Å²) in [5.74, 6) is -1.38. The summed E-state index contributed by atoms with van der Waals surface area (Å²) in [5, 5.41) is 5.52. The van der Waals surface area contributed by atoms with Crippen LogP contribution >= 0.6 is 0 Å². The average molecular weight is 503 g/mol. The van der Waals surface area contributed by atoms with E-state index in [4.69, 9.17) is 0 Å².